The van der Waals surface area contributed by atoms with Crippen molar-refractivity contribution in [2.24, 2.45) is 0 Å². The van der Waals surface area contributed by atoms with Crippen LogP contribution < -0.4 is 10.1 Å². The number of anilines is 2. The van der Waals surface area contributed by atoms with Crippen molar-refractivity contribution < 1.29 is 13.2 Å². The van der Waals surface area contributed by atoms with Crippen LogP contribution in [0, 0.1) is 0 Å². The first-order chi connectivity index (χ1) is 12.5. The third-order valence-electron chi connectivity index (χ3n) is 4.24. The van der Waals surface area contributed by atoms with Crippen molar-refractivity contribution in [3.63, 3.8) is 0 Å². The summed E-state index contributed by atoms with van der Waals surface area (Å²) in [6, 6.07) is 12.9. The summed E-state index contributed by atoms with van der Waals surface area (Å²) in [6.45, 7) is 0.787. The minimum absolute atomic E-state index is 0.305. The maximum absolute atomic E-state index is 11.5. The number of rotatable bonds is 4. The molecule has 0 fully saturated rings. The fraction of sp³-hybridized carbons (Fsp3) is 0.211. The molecule has 5 nitrogen and oxygen atoms in total. The molecule has 0 unspecified atom stereocenters. The molecule has 2 heterocycles. The van der Waals surface area contributed by atoms with E-state index >= 15 is 0 Å². The third-order valence-corrected chi connectivity index (χ3v) is 6.13. The standard InChI is InChI=1S/C19H18N2O3S2/c1-26(22,23)16-7-5-15(6-8-16)20-19-21-17(12-25-19)13-4-9-18-14(11-13)3-2-10-24-18/h4-9,11-12H,2-3,10H2,1H3,(H,20,21). The number of aryl methyl sites for hydroxylation is 1. The van der Waals surface area contributed by atoms with E-state index in [1.54, 1.807) is 24.3 Å². The third kappa shape index (κ3) is 3.59. The largest absolute Gasteiger partial charge is 0.493 e. The van der Waals surface area contributed by atoms with Gasteiger partial charge in [0, 0.05) is 22.9 Å². The lowest BCUT2D eigenvalue weighted by Gasteiger charge is -2.17. The van der Waals surface area contributed by atoms with E-state index in [1.807, 2.05) is 17.5 Å². The highest BCUT2D eigenvalue weighted by Crippen LogP contribution is 2.32. The minimum atomic E-state index is -3.18. The fourth-order valence-corrected chi connectivity index (χ4v) is 4.26. The number of nitrogens with one attached hydrogen (secondary N) is 1. The number of thiazole rings is 1. The van der Waals surface area contributed by atoms with Gasteiger partial charge in [-0.05, 0) is 60.9 Å². The molecule has 1 aliphatic rings. The van der Waals surface area contributed by atoms with Gasteiger partial charge in [-0.2, -0.15) is 0 Å². The Morgan fingerprint density at radius 2 is 1.96 bits per heavy atom. The Morgan fingerprint density at radius 3 is 2.73 bits per heavy atom. The molecule has 7 heteroatoms. The number of hydrogen-bond acceptors (Lipinski definition) is 6. The SMILES string of the molecule is CS(=O)(=O)c1ccc(Nc2nc(-c3ccc4c(c3)CCCO4)cs2)cc1. The minimum Gasteiger partial charge on any atom is -0.493 e. The number of aromatic nitrogens is 1. The van der Waals surface area contributed by atoms with Crippen LogP contribution >= 0.6 is 11.3 Å². The number of nitrogens with zero attached hydrogens (tertiary/aromatic N) is 1. The zero-order valence-electron chi connectivity index (χ0n) is 14.2. The van der Waals surface area contributed by atoms with Gasteiger partial charge in [-0.15, -0.1) is 11.3 Å². The average molecular weight is 386 g/mol. The molecule has 0 saturated heterocycles. The highest BCUT2D eigenvalue weighted by molar-refractivity contribution is 7.90. The second kappa shape index (κ2) is 6.74. The van der Waals surface area contributed by atoms with Crippen LogP contribution in [0.4, 0.5) is 10.8 Å². The predicted molar refractivity (Wildman–Crippen MR) is 104 cm³/mol. The summed E-state index contributed by atoms with van der Waals surface area (Å²) in [5, 5.41) is 6.00. The van der Waals surface area contributed by atoms with Crippen LogP contribution in [-0.2, 0) is 16.3 Å². The molecule has 134 valence electrons. The van der Waals surface area contributed by atoms with Crippen LogP contribution in [0.1, 0.15) is 12.0 Å². The molecule has 0 atom stereocenters. The van der Waals surface area contributed by atoms with E-state index in [0.29, 0.717) is 4.90 Å². The molecule has 1 N–H and O–H groups in total. The lowest BCUT2D eigenvalue weighted by atomic mass is 10.0. The van der Waals surface area contributed by atoms with Crippen molar-refractivity contribution in [2.45, 2.75) is 17.7 Å². The summed E-state index contributed by atoms with van der Waals surface area (Å²) >= 11 is 1.51. The quantitative estimate of drug-likeness (QED) is 0.725. The topological polar surface area (TPSA) is 68.3 Å². The Balaban J connectivity index is 1.53. The van der Waals surface area contributed by atoms with Gasteiger partial charge in [0.1, 0.15) is 5.75 Å². The van der Waals surface area contributed by atoms with Crippen molar-refractivity contribution in [2.75, 3.05) is 18.2 Å². The molecule has 3 aromatic rings. The van der Waals surface area contributed by atoms with Gasteiger partial charge in [-0.25, -0.2) is 13.4 Å². The molecule has 0 radical (unpaired) electrons. The van der Waals surface area contributed by atoms with Gasteiger partial charge in [0.05, 0.1) is 17.2 Å². The van der Waals surface area contributed by atoms with Crippen LogP contribution in [0.25, 0.3) is 11.3 Å². The van der Waals surface area contributed by atoms with Gasteiger partial charge in [-0.3, -0.25) is 0 Å². The molecule has 2 aromatic carbocycles. The van der Waals surface area contributed by atoms with E-state index in [9.17, 15) is 8.42 Å². The van der Waals surface area contributed by atoms with Gasteiger partial charge < -0.3 is 10.1 Å². The summed E-state index contributed by atoms with van der Waals surface area (Å²) in [5.41, 5.74) is 4.02. The van der Waals surface area contributed by atoms with Crippen molar-refractivity contribution in [1.29, 1.82) is 0 Å². The Kier molecular flexibility index (Phi) is 4.42. The van der Waals surface area contributed by atoms with Gasteiger partial charge in [0.15, 0.2) is 15.0 Å². The zero-order chi connectivity index (χ0) is 18.1. The highest BCUT2D eigenvalue weighted by atomic mass is 32.2. The highest BCUT2D eigenvalue weighted by Gasteiger charge is 2.13. The summed E-state index contributed by atoms with van der Waals surface area (Å²) in [6.07, 6.45) is 3.28. The van der Waals surface area contributed by atoms with Crippen LogP contribution in [0.5, 0.6) is 5.75 Å². The van der Waals surface area contributed by atoms with Crippen molar-refractivity contribution in [3.8, 4) is 17.0 Å². The maximum atomic E-state index is 11.5. The molecule has 0 bridgehead atoms. The van der Waals surface area contributed by atoms with Gasteiger partial charge >= 0.3 is 0 Å². The van der Waals surface area contributed by atoms with E-state index in [0.717, 1.165) is 47.3 Å². The van der Waals surface area contributed by atoms with E-state index in [-0.39, 0.29) is 0 Å². The number of ether oxygens (including phenoxy) is 1. The molecule has 1 aromatic heterocycles. The Hall–Kier alpha value is -2.38. The van der Waals surface area contributed by atoms with Crippen molar-refractivity contribution in [1.82, 2.24) is 4.98 Å². The fourth-order valence-electron chi connectivity index (χ4n) is 2.89. The predicted octanol–water partition coefficient (Wildman–Crippen LogP) is 4.28. The number of benzene rings is 2. The molecule has 26 heavy (non-hydrogen) atoms. The summed E-state index contributed by atoms with van der Waals surface area (Å²) in [4.78, 5) is 4.95. The Bertz CT molecular complexity index is 1040. The van der Waals surface area contributed by atoms with E-state index in [4.69, 9.17) is 4.74 Å². The van der Waals surface area contributed by atoms with Crippen LogP contribution in [0.3, 0.4) is 0 Å². The first-order valence-electron chi connectivity index (χ1n) is 8.28. The molecular formula is C19H18N2O3S2. The molecule has 4 rings (SSSR count). The lowest BCUT2D eigenvalue weighted by Crippen LogP contribution is -2.08. The molecule has 0 spiro atoms. The molecular weight excluding hydrogens is 368 g/mol. The van der Waals surface area contributed by atoms with Crippen LogP contribution in [-0.4, -0.2) is 26.3 Å². The Labute approximate surface area is 156 Å². The number of hydrogen-bond donors (Lipinski definition) is 1. The second-order valence-corrected chi connectivity index (χ2v) is 9.11. The van der Waals surface area contributed by atoms with Gasteiger partial charge in [0.25, 0.3) is 0 Å². The van der Waals surface area contributed by atoms with Crippen LogP contribution in [0.15, 0.2) is 52.7 Å². The van der Waals surface area contributed by atoms with Crippen molar-refractivity contribution in [3.05, 3.63) is 53.4 Å². The van der Waals surface area contributed by atoms with Gasteiger partial charge in [-0.1, -0.05) is 0 Å². The van der Waals surface area contributed by atoms with E-state index in [2.05, 4.69) is 16.4 Å². The first-order valence-corrected chi connectivity index (χ1v) is 11.0. The van der Waals surface area contributed by atoms with E-state index in [1.165, 1.54) is 23.2 Å². The summed E-state index contributed by atoms with van der Waals surface area (Å²) in [7, 11) is -3.18. The second-order valence-electron chi connectivity index (χ2n) is 6.23. The van der Waals surface area contributed by atoms with Gasteiger partial charge in [0.2, 0.25) is 0 Å². The number of fused-ring (bicyclic) bond motifs is 1. The summed E-state index contributed by atoms with van der Waals surface area (Å²) in [5.74, 6) is 0.972. The maximum Gasteiger partial charge on any atom is 0.187 e. The number of sulfone groups is 1. The monoisotopic (exact) mass is 386 g/mol. The molecule has 0 saturated carbocycles. The Morgan fingerprint density at radius 1 is 1.15 bits per heavy atom. The zero-order valence-corrected chi connectivity index (χ0v) is 15.9. The van der Waals surface area contributed by atoms with E-state index < -0.39 is 9.84 Å². The normalized spacial score (nSPS) is 13.7. The van der Waals surface area contributed by atoms with Crippen molar-refractivity contribution >= 4 is 32.0 Å². The van der Waals surface area contributed by atoms with Crippen LogP contribution in [0.2, 0.25) is 0 Å². The first kappa shape index (κ1) is 17.1. The lowest BCUT2D eigenvalue weighted by molar-refractivity contribution is 0.288. The smallest absolute Gasteiger partial charge is 0.187 e. The average Bonchev–Trinajstić information content (AvgIpc) is 3.09. The molecule has 1 aliphatic heterocycles. The summed E-state index contributed by atoms with van der Waals surface area (Å²) < 4.78 is 28.7. The molecule has 0 aliphatic carbocycles. The molecule has 0 amide bonds.